The van der Waals surface area contributed by atoms with E-state index < -0.39 is 0 Å². The van der Waals surface area contributed by atoms with Crippen LogP contribution >= 0.6 is 0 Å². The third-order valence-electron chi connectivity index (χ3n) is 5.19. The first-order chi connectivity index (χ1) is 15.9. The van der Waals surface area contributed by atoms with Gasteiger partial charge in [-0.05, 0) is 55.6 Å². The molecule has 1 aromatic carbocycles. The fourth-order valence-corrected chi connectivity index (χ4v) is 3.58. The van der Waals surface area contributed by atoms with Gasteiger partial charge in [-0.25, -0.2) is 0 Å². The number of ketones is 1. The van der Waals surface area contributed by atoms with Crippen molar-refractivity contribution in [1.82, 2.24) is 4.98 Å². The van der Waals surface area contributed by atoms with Gasteiger partial charge < -0.3 is 4.74 Å². The third-order valence-corrected chi connectivity index (χ3v) is 5.19. The van der Waals surface area contributed by atoms with Gasteiger partial charge in [-0.2, -0.15) is 0 Å². The minimum absolute atomic E-state index is 0.0179. The van der Waals surface area contributed by atoms with E-state index in [0.29, 0.717) is 17.6 Å². The van der Waals surface area contributed by atoms with E-state index in [9.17, 15) is 4.79 Å². The summed E-state index contributed by atoms with van der Waals surface area (Å²) in [6, 6.07) is 10.6. The molecule has 2 atom stereocenters. The van der Waals surface area contributed by atoms with Crippen LogP contribution in [0.4, 0.5) is 0 Å². The lowest BCUT2D eigenvalue weighted by Crippen LogP contribution is -2.14. The van der Waals surface area contributed by atoms with E-state index in [1.165, 1.54) is 42.9 Å². The monoisotopic (exact) mass is 447 g/mol. The van der Waals surface area contributed by atoms with Crippen molar-refractivity contribution in [3.63, 3.8) is 0 Å². The van der Waals surface area contributed by atoms with Crippen molar-refractivity contribution >= 4 is 22.1 Å². The molecule has 0 saturated carbocycles. The van der Waals surface area contributed by atoms with Crippen LogP contribution in [0, 0.1) is 11.8 Å². The largest absolute Gasteiger partial charge is 0.501 e. The SMILES string of the molecule is CCC.CCC=CC(C)C1CC=CC=C1c1nccc2ccccc12.CO/C(C)=C\C(C)=O. The van der Waals surface area contributed by atoms with Crippen LogP contribution < -0.4 is 0 Å². The highest BCUT2D eigenvalue weighted by Gasteiger charge is 2.23. The first-order valence-corrected chi connectivity index (χ1v) is 12.0. The molecular weight excluding hydrogens is 406 g/mol. The standard InChI is InChI=1S/C21H23N.C6H10O2.C3H8/c1-3-4-9-16(2)18-11-7-8-13-20(18)21-19-12-6-5-10-17(19)14-15-22-21;1-5(7)4-6(2)8-3;1-3-2/h4-10,12-16,18H,3,11H2,1-2H3;4H,1-3H3;3H2,1-2H3/b;6-4-;. The second-order valence-corrected chi connectivity index (χ2v) is 8.25. The second kappa shape index (κ2) is 15.8. The molecule has 1 aliphatic rings. The maximum Gasteiger partial charge on any atom is 0.155 e. The van der Waals surface area contributed by atoms with Crippen LogP contribution in [-0.4, -0.2) is 17.9 Å². The molecule has 0 radical (unpaired) electrons. The van der Waals surface area contributed by atoms with Crippen LogP contribution in [0.3, 0.4) is 0 Å². The van der Waals surface area contributed by atoms with Gasteiger partial charge in [0.05, 0.1) is 18.6 Å². The topological polar surface area (TPSA) is 39.2 Å². The lowest BCUT2D eigenvalue weighted by Gasteiger charge is -2.26. The first kappa shape index (κ1) is 28.1. The Morgan fingerprint density at radius 2 is 1.88 bits per heavy atom. The lowest BCUT2D eigenvalue weighted by molar-refractivity contribution is -0.112. The van der Waals surface area contributed by atoms with Crippen LogP contribution in [0.2, 0.25) is 0 Å². The Hall–Kier alpha value is -2.94. The molecule has 178 valence electrons. The highest BCUT2D eigenvalue weighted by atomic mass is 16.5. The molecule has 0 fully saturated rings. The highest BCUT2D eigenvalue weighted by molar-refractivity contribution is 5.93. The van der Waals surface area contributed by atoms with E-state index in [4.69, 9.17) is 9.72 Å². The van der Waals surface area contributed by atoms with Crippen LogP contribution in [0.25, 0.3) is 16.3 Å². The molecule has 33 heavy (non-hydrogen) atoms. The van der Waals surface area contributed by atoms with Crippen molar-refractivity contribution in [2.24, 2.45) is 11.8 Å². The Morgan fingerprint density at radius 3 is 2.48 bits per heavy atom. The maximum absolute atomic E-state index is 10.3. The number of rotatable bonds is 6. The summed E-state index contributed by atoms with van der Waals surface area (Å²) in [7, 11) is 1.54. The molecule has 2 unspecified atom stereocenters. The van der Waals surface area contributed by atoms with Gasteiger partial charge in [-0.3, -0.25) is 9.78 Å². The van der Waals surface area contributed by atoms with Crippen LogP contribution in [0.15, 0.2) is 78.7 Å². The van der Waals surface area contributed by atoms with Gasteiger partial charge in [0.2, 0.25) is 0 Å². The number of hydrogen-bond acceptors (Lipinski definition) is 3. The molecule has 1 heterocycles. The summed E-state index contributed by atoms with van der Waals surface area (Å²) in [4.78, 5) is 15.0. The lowest BCUT2D eigenvalue weighted by atomic mass is 9.79. The molecule has 0 aliphatic heterocycles. The molecule has 3 rings (SSSR count). The van der Waals surface area contributed by atoms with E-state index in [0.717, 1.165) is 18.5 Å². The molecule has 0 spiro atoms. The molecule has 0 bridgehead atoms. The Kier molecular flexibility index (Phi) is 13.4. The van der Waals surface area contributed by atoms with E-state index in [1.807, 2.05) is 6.20 Å². The van der Waals surface area contributed by atoms with Crippen molar-refractivity contribution in [1.29, 1.82) is 0 Å². The van der Waals surface area contributed by atoms with Crippen molar-refractivity contribution < 1.29 is 9.53 Å². The Balaban J connectivity index is 0.000000417. The summed E-state index contributed by atoms with van der Waals surface area (Å²) in [5, 5.41) is 2.52. The summed E-state index contributed by atoms with van der Waals surface area (Å²) in [5.41, 5.74) is 2.51. The number of pyridine rings is 1. The van der Waals surface area contributed by atoms with Gasteiger partial charge >= 0.3 is 0 Å². The second-order valence-electron chi connectivity index (χ2n) is 8.25. The number of allylic oxidation sites excluding steroid dienone is 8. The Morgan fingerprint density at radius 1 is 1.18 bits per heavy atom. The average molecular weight is 448 g/mol. The number of carbonyl (C=O) groups excluding carboxylic acids is 1. The van der Waals surface area contributed by atoms with Crippen molar-refractivity contribution in [2.45, 2.75) is 60.8 Å². The van der Waals surface area contributed by atoms with E-state index >= 15 is 0 Å². The normalized spacial score (nSPS) is 16.3. The summed E-state index contributed by atoms with van der Waals surface area (Å²) in [6.45, 7) is 12.0. The summed E-state index contributed by atoms with van der Waals surface area (Å²) in [6.07, 6.45) is 18.1. The Bertz CT molecular complexity index is 976. The third kappa shape index (κ3) is 9.61. The number of ether oxygens (including phenoxy) is 1. The van der Waals surface area contributed by atoms with E-state index in [1.54, 1.807) is 6.92 Å². The molecule has 3 heteroatoms. The summed E-state index contributed by atoms with van der Waals surface area (Å²) in [5.74, 6) is 1.70. The number of methoxy groups -OCH3 is 1. The number of hydrogen-bond donors (Lipinski definition) is 0. The zero-order valence-corrected chi connectivity index (χ0v) is 21.5. The fourth-order valence-electron chi connectivity index (χ4n) is 3.58. The highest BCUT2D eigenvalue weighted by Crippen LogP contribution is 2.37. The fraction of sp³-hybridized carbons (Fsp3) is 0.400. The number of fused-ring (bicyclic) bond motifs is 1. The predicted octanol–water partition coefficient (Wildman–Crippen LogP) is 8.34. The van der Waals surface area contributed by atoms with Gasteiger partial charge in [0.15, 0.2) is 5.78 Å². The molecule has 0 saturated heterocycles. The number of carbonyl (C=O) groups is 1. The van der Waals surface area contributed by atoms with Gasteiger partial charge in [0.1, 0.15) is 0 Å². The summed E-state index contributed by atoms with van der Waals surface area (Å²) >= 11 is 0. The molecule has 1 aromatic heterocycles. The van der Waals surface area contributed by atoms with Crippen LogP contribution in [-0.2, 0) is 9.53 Å². The van der Waals surface area contributed by atoms with Gasteiger partial charge in [0, 0.05) is 17.7 Å². The predicted molar refractivity (Wildman–Crippen MR) is 143 cm³/mol. The number of aromatic nitrogens is 1. The molecule has 0 amide bonds. The number of nitrogens with zero attached hydrogens (tertiary/aromatic N) is 1. The smallest absolute Gasteiger partial charge is 0.155 e. The Labute approximate surface area is 201 Å². The molecule has 2 aromatic rings. The minimum Gasteiger partial charge on any atom is -0.501 e. The van der Waals surface area contributed by atoms with Gasteiger partial charge in [0.25, 0.3) is 0 Å². The summed E-state index contributed by atoms with van der Waals surface area (Å²) < 4.78 is 4.70. The zero-order chi connectivity index (χ0) is 24.6. The van der Waals surface area contributed by atoms with Crippen LogP contribution in [0.5, 0.6) is 0 Å². The van der Waals surface area contributed by atoms with Gasteiger partial charge in [-0.1, -0.05) is 88.8 Å². The quantitative estimate of drug-likeness (QED) is 0.254. The molecular formula is C30H41NO2. The van der Waals surface area contributed by atoms with E-state index in [2.05, 4.69) is 88.4 Å². The van der Waals surface area contributed by atoms with Gasteiger partial charge in [-0.15, -0.1) is 0 Å². The number of benzene rings is 1. The minimum atomic E-state index is 0.0179. The first-order valence-electron chi connectivity index (χ1n) is 12.0. The molecule has 1 aliphatic carbocycles. The van der Waals surface area contributed by atoms with Crippen LogP contribution in [0.1, 0.15) is 66.5 Å². The maximum atomic E-state index is 10.3. The van der Waals surface area contributed by atoms with E-state index in [-0.39, 0.29) is 5.78 Å². The van der Waals surface area contributed by atoms with Crippen molar-refractivity contribution in [3.05, 3.63) is 84.4 Å². The zero-order valence-electron chi connectivity index (χ0n) is 21.5. The average Bonchev–Trinajstić information content (AvgIpc) is 2.82. The molecule has 0 N–H and O–H groups in total. The van der Waals surface area contributed by atoms with Crippen molar-refractivity contribution in [3.8, 4) is 0 Å². The molecule has 3 nitrogen and oxygen atoms in total. The van der Waals surface area contributed by atoms with Crippen molar-refractivity contribution in [2.75, 3.05) is 7.11 Å².